The van der Waals surface area contributed by atoms with Crippen molar-refractivity contribution < 1.29 is 19.1 Å². The molecule has 0 aromatic heterocycles. The van der Waals surface area contributed by atoms with Crippen molar-refractivity contribution in [2.75, 3.05) is 20.7 Å². The molecule has 1 rings (SSSR count). The maximum Gasteiger partial charge on any atom is 0.333 e. The van der Waals surface area contributed by atoms with Crippen LogP contribution >= 0.6 is 11.6 Å². The van der Waals surface area contributed by atoms with Gasteiger partial charge in [-0.15, -0.1) is 0 Å². The molecule has 1 aromatic rings. The zero-order chi connectivity index (χ0) is 28.7. The van der Waals surface area contributed by atoms with Gasteiger partial charge in [0.15, 0.2) is 0 Å². The van der Waals surface area contributed by atoms with Gasteiger partial charge in [-0.3, -0.25) is 9.59 Å². The van der Waals surface area contributed by atoms with E-state index >= 15 is 0 Å². The number of amides is 2. The summed E-state index contributed by atoms with van der Waals surface area (Å²) < 4.78 is 5.11. The van der Waals surface area contributed by atoms with Crippen LogP contribution in [0.2, 0.25) is 5.02 Å². The molecule has 0 aliphatic heterocycles. The van der Waals surface area contributed by atoms with Crippen LogP contribution in [0.4, 0.5) is 0 Å². The average molecular weight is 536 g/mol. The number of esters is 1. The summed E-state index contributed by atoms with van der Waals surface area (Å²) in [6, 6.07) is 5.66. The highest BCUT2D eigenvalue weighted by molar-refractivity contribution is 6.30. The van der Waals surface area contributed by atoms with Gasteiger partial charge in [-0.1, -0.05) is 78.3 Å². The normalized spacial score (nSPS) is 15.1. The van der Waals surface area contributed by atoms with Crippen molar-refractivity contribution in [2.24, 2.45) is 11.3 Å². The molecule has 3 atom stereocenters. The topological polar surface area (TPSA) is 87.7 Å². The number of halogens is 1. The molecular weight excluding hydrogens is 490 g/mol. The minimum atomic E-state index is -0.798. The van der Waals surface area contributed by atoms with Crippen molar-refractivity contribution in [1.82, 2.24) is 15.5 Å². The maximum atomic E-state index is 13.9. The molecule has 7 nitrogen and oxygen atoms in total. The number of likely N-dealkylation sites (N-methyl/N-ethyl adjacent to an activating group) is 2. The predicted octanol–water partition coefficient (Wildman–Crippen LogP) is 4.73. The number of ether oxygens (including phenoxy) is 1. The summed E-state index contributed by atoms with van der Waals surface area (Å²) in [6.07, 6.45) is 1.76. The van der Waals surface area contributed by atoms with Crippen LogP contribution in [0.1, 0.15) is 67.9 Å². The SMILES string of the molecule is CCOC(=O)C(C)=C[C@H](C(C)C)N(C)C(=O)C(NC(=O)[C@@H](NC)C(C)(C)c1cccc(Cl)c1)C(C)(C)C. The van der Waals surface area contributed by atoms with Crippen LogP contribution in [0.3, 0.4) is 0 Å². The van der Waals surface area contributed by atoms with E-state index in [1.807, 2.05) is 66.7 Å². The lowest BCUT2D eigenvalue weighted by Gasteiger charge is -2.40. The molecule has 2 N–H and O–H groups in total. The molecule has 0 aliphatic rings. The summed E-state index contributed by atoms with van der Waals surface area (Å²) >= 11 is 6.22. The van der Waals surface area contributed by atoms with Gasteiger partial charge < -0.3 is 20.3 Å². The van der Waals surface area contributed by atoms with Gasteiger partial charge in [0.05, 0.1) is 18.7 Å². The van der Waals surface area contributed by atoms with Crippen molar-refractivity contribution >= 4 is 29.4 Å². The average Bonchev–Trinajstić information content (AvgIpc) is 2.79. The van der Waals surface area contributed by atoms with E-state index in [0.29, 0.717) is 10.6 Å². The molecule has 8 heteroatoms. The Morgan fingerprint density at radius 3 is 2.16 bits per heavy atom. The van der Waals surface area contributed by atoms with Crippen molar-refractivity contribution in [1.29, 1.82) is 0 Å². The highest BCUT2D eigenvalue weighted by Crippen LogP contribution is 2.30. The molecule has 0 aliphatic carbocycles. The molecule has 2 amide bonds. The molecule has 0 spiro atoms. The third kappa shape index (κ3) is 8.57. The van der Waals surface area contributed by atoms with Gasteiger partial charge >= 0.3 is 5.97 Å². The minimum absolute atomic E-state index is 0.0291. The van der Waals surface area contributed by atoms with Crippen molar-refractivity contribution in [2.45, 2.75) is 85.9 Å². The summed E-state index contributed by atoms with van der Waals surface area (Å²) in [5.41, 5.74) is 0.168. The Labute approximate surface area is 228 Å². The van der Waals surface area contributed by atoms with E-state index < -0.39 is 28.9 Å². The van der Waals surface area contributed by atoms with Gasteiger partial charge in [0.2, 0.25) is 11.8 Å². The first kappa shape index (κ1) is 32.6. The summed E-state index contributed by atoms with van der Waals surface area (Å²) in [7, 11) is 3.44. The standard InChI is InChI=1S/C29H46ClN3O4/c1-12-37-27(36)19(4)16-22(18(2)3)33(11)26(35)24(28(5,6)7)32-25(34)23(31-10)29(8,9)20-14-13-15-21(30)17-20/h13-18,22-24,31H,12H2,1-11H3,(H,32,34)/t22-,23-,24?/m1/s1. The largest absolute Gasteiger partial charge is 0.463 e. The van der Waals surface area contributed by atoms with Crippen LogP contribution < -0.4 is 10.6 Å². The quantitative estimate of drug-likeness (QED) is 0.316. The monoisotopic (exact) mass is 535 g/mol. The Morgan fingerprint density at radius 1 is 1.11 bits per heavy atom. The highest BCUT2D eigenvalue weighted by atomic mass is 35.5. The number of hydrogen-bond donors (Lipinski definition) is 2. The number of carbonyl (C=O) groups is 3. The van der Waals surface area contributed by atoms with Gasteiger partial charge in [0.25, 0.3) is 0 Å². The van der Waals surface area contributed by atoms with Crippen LogP contribution in [0.5, 0.6) is 0 Å². The molecule has 0 saturated carbocycles. The lowest BCUT2D eigenvalue weighted by atomic mass is 9.76. The zero-order valence-electron chi connectivity index (χ0n) is 24.4. The second-order valence-corrected chi connectivity index (χ2v) is 12.0. The number of hydrogen-bond acceptors (Lipinski definition) is 5. The highest BCUT2D eigenvalue weighted by Gasteiger charge is 2.41. The molecular formula is C29H46ClN3O4. The minimum Gasteiger partial charge on any atom is -0.463 e. The van der Waals surface area contributed by atoms with E-state index in [9.17, 15) is 14.4 Å². The molecule has 1 aromatic carbocycles. The predicted molar refractivity (Wildman–Crippen MR) is 150 cm³/mol. The van der Waals surface area contributed by atoms with E-state index in [0.717, 1.165) is 5.56 Å². The van der Waals surface area contributed by atoms with Crippen LogP contribution in [-0.4, -0.2) is 61.5 Å². The van der Waals surface area contributed by atoms with Crippen LogP contribution in [0.25, 0.3) is 0 Å². The number of carbonyl (C=O) groups excluding carboxylic acids is 3. The first-order valence-corrected chi connectivity index (χ1v) is 13.2. The number of nitrogens with one attached hydrogen (secondary N) is 2. The van der Waals surface area contributed by atoms with Gasteiger partial charge in [-0.2, -0.15) is 0 Å². The molecule has 0 heterocycles. The van der Waals surface area contributed by atoms with E-state index in [4.69, 9.17) is 16.3 Å². The summed E-state index contributed by atoms with van der Waals surface area (Å²) in [5.74, 6) is -0.896. The first-order valence-electron chi connectivity index (χ1n) is 12.8. The molecule has 0 radical (unpaired) electrons. The fraction of sp³-hybridized carbons (Fsp3) is 0.621. The Hall–Kier alpha value is -2.38. The van der Waals surface area contributed by atoms with E-state index in [-0.39, 0.29) is 30.4 Å². The van der Waals surface area contributed by atoms with Gasteiger partial charge in [0, 0.05) is 23.1 Å². The van der Waals surface area contributed by atoms with Crippen LogP contribution in [0.15, 0.2) is 35.9 Å². The fourth-order valence-electron chi connectivity index (χ4n) is 4.42. The number of rotatable bonds is 11. The van der Waals surface area contributed by atoms with Crippen LogP contribution in [-0.2, 0) is 24.5 Å². The third-order valence-corrected chi connectivity index (χ3v) is 6.97. The lowest BCUT2D eigenvalue weighted by molar-refractivity contribution is -0.141. The molecule has 208 valence electrons. The molecule has 0 saturated heterocycles. The Kier molecular flexibility index (Phi) is 11.8. The first-order chi connectivity index (χ1) is 17.0. The summed E-state index contributed by atoms with van der Waals surface area (Å²) in [4.78, 5) is 41.3. The number of nitrogens with zero attached hydrogens (tertiary/aromatic N) is 1. The molecule has 0 bridgehead atoms. The van der Waals surface area contributed by atoms with E-state index in [2.05, 4.69) is 10.6 Å². The lowest BCUT2D eigenvalue weighted by Crippen LogP contribution is -2.61. The molecule has 1 unspecified atom stereocenters. The Bertz CT molecular complexity index is 982. The van der Waals surface area contributed by atoms with Gasteiger partial charge in [-0.05, 0) is 49.9 Å². The second-order valence-electron chi connectivity index (χ2n) is 11.5. The van der Waals surface area contributed by atoms with Crippen LogP contribution in [0, 0.1) is 11.3 Å². The Morgan fingerprint density at radius 2 is 1.70 bits per heavy atom. The summed E-state index contributed by atoms with van der Waals surface area (Å²) in [6.45, 7) is 17.4. The maximum absolute atomic E-state index is 13.9. The molecule has 0 fully saturated rings. The van der Waals surface area contributed by atoms with Crippen molar-refractivity contribution in [3.8, 4) is 0 Å². The summed E-state index contributed by atoms with van der Waals surface area (Å²) in [5, 5.41) is 6.76. The van der Waals surface area contributed by atoms with E-state index in [1.54, 1.807) is 45.0 Å². The van der Waals surface area contributed by atoms with Gasteiger partial charge in [-0.25, -0.2) is 4.79 Å². The van der Waals surface area contributed by atoms with Crippen molar-refractivity contribution in [3.05, 3.63) is 46.5 Å². The fourth-order valence-corrected chi connectivity index (χ4v) is 4.61. The second kappa shape index (κ2) is 13.4. The molecule has 37 heavy (non-hydrogen) atoms. The van der Waals surface area contributed by atoms with Gasteiger partial charge in [0.1, 0.15) is 6.04 Å². The van der Waals surface area contributed by atoms with E-state index in [1.165, 1.54) is 0 Å². The number of benzene rings is 1. The third-order valence-electron chi connectivity index (χ3n) is 6.74. The smallest absolute Gasteiger partial charge is 0.333 e. The Balaban J connectivity index is 3.31. The van der Waals surface area contributed by atoms with Crippen molar-refractivity contribution in [3.63, 3.8) is 0 Å². The zero-order valence-corrected chi connectivity index (χ0v) is 25.1.